The van der Waals surface area contributed by atoms with Crippen LogP contribution in [0.1, 0.15) is 59.3 Å². The van der Waals surface area contributed by atoms with Gasteiger partial charge in [0, 0.05) is 0 Å². The third kappa shape index (κ3) is 3.07. The Morgan fingerprint density at radius 3 is 2.33 bits per heavy atom. The standard InChI is InChI=1S/C14H26O/c1-5-9-14(15)10-7-12(8-11-14)13(3,4)6-2/h5,12,15H,1,6-11H2,2-4H3. The van der Waals surface area contributed by atoms with Crippen molar-refractivity contribution in [2.24, 2.45) is 11.3 Å². The van der Waals surface area contributed by atoms with Gasteiger partial charge in [-0.05, 0) is 43.4 Å². The SMILES string of the molecule is C=CCC1(O)CCC(C(C)(C)CC)CC1. The van der Waals surface area contributed by atoms with Gasteiger partial charge in [0.25, 0.3) is 0 Å². The minimum atomic E-state index is -0.442. The summed E-state index contributed by atoms with van der Waals surface area (Å²) in [4.78, 5) is 0. The lowest BCUT2D eigenvalue weighted by Gasteiger charge is -2.42. The minimum absolute atomic E-state index is 0.440. The summed E-state index contributed by atoms with van der Waals surface area (Å²) in [6.07, 6.45) is 8.09. The van der Waals surface area contributed by atoms with E-state index < -0.39 is 5.60 Å². The second-order valence-electron chi connectivity index (χ2n) is 5.83. The van der Waals surface area contributed by atoms with Gasteiger partial charge in [0.2, 0.25) is 0 Å². The van der Waals surface area contributed by atoms with Crippen molar-refractivity contribution < 1.29 is 5.11 Å². The molecule has 0 unspecified atom stereocenters. The Balaban J connectivity index is 2.52. The van der Waals surface area contributed by atoms with Gasteiger partial charge in [-0.1, -0.05) is 33.3 Å². The maximum absolute atomic E-state index is 10.3. The first-order valence-electron chi connectivity index (χ1n) is 6.27. The van der Waals surface area contributed by atoms with E-state index >= 15 is 0 Å². The molecule has 88 valence electrons. The van der Waals surface area contributed by atoms with E-state index in [2.05, 4.69) is 27.4 Å². The van der Waals surface area contributed by atoms with E-state index in [4.69, 9.17) is 0 Å². The van der Waals surface area contributed by atoms with Gasteiger partial charge in [0.05, 0.1) is 5.60 Å². The zero-order valence-electron chi connectivity index (χ0n) is 10.6. The zero-order chi connectivity index (χ0) is 11.5. The molecule has 0 heterocycles. The monoisotopic (exact) mass is 210 g/mol. The van der Waals surface area contributed by atoms with E-state index in [1.54, 1.807) is 0 Å². The molecule has 1 aliphatic rings. The van der Waals surface area contributed by atoms with E-state index in [0.29, 0.717) is 5.41 Å². The summed E-state index contributed by atoms with van der Waals surface area (Å²) in [5.74, 6) is 0.785. The maximum atomic E-state index is 10.3. The van der Waals surface area contributed by atoms with Gasteiger partial charge in [0.15, 0.2) is 0 Å². The average Bonchev–Trinajstić information content (AvgIpc) is 2.18. The van der Waals surface area contributed by atoms with Gasteiger partial charge < -0.3 is 5.11 Å². The van der Waals surface area contributed by atoms with E-state index in [9.17, 15) is 5.11 Å². The fourth-order valence-electron chi connectivity index (χ4n) is 2.70. The first kappa shape index (κ1) is 12.8. The third-order valence-electron chi connectivity index (χ3n) is 4.46. The molecule has 0 amide bonds. The lowest BCUT2D eigenvalue weighted by molar-refractivity contribution is -0.0256. The Labute approximate surface area is 94.6 Å². The Bertz CT molecular complexity index is 209. The van der Waals surface area contributed by atoms with Crippen LogP contribution in [0.15, 0.2) is 12.7 Å². The molecule has 1 aliphatic carbocycles. The molecule has 0 atom stereocenters. The summed E-state index contributed by atoms with van der Waals surface area (Å²) in [6.45, 7) is 10.7. The summed E-state index contributed by atoms with van der Waals surface area (Å²) in [7, 11) is 0. The van der Waals surface area contributed by atoms with E-state index in [1.807, 2.05) is 6.08 Å². The Hall–Kier alpha value is -0.300. The molecule has 1 fully saturated rings. The summed E-state index contributed by atoms with van der Waals surface area (Å²) in [5, 5.41) is 10.3. The van der Waals surface area contributed by atoms with E-state index in [1.165, 1.54) is 19.3 Å². The second kappa shape index (κ2) is 4.69. The highest BCUT2D eigenvalue weighted by atomic mass is 16.3. The van der Waals surface area contributed by atoms with Crippen LogP contribution in [0.3, 0.4) is 0 Å². The Kier molecular flexibility index (Phi) is 3.99. The van der Waals surface area contributed by atoms with Crippen LogP contribution in [0, 0.1) is 11.3 Å². The van der Waals surface area contributed by atoms with Crippen LogP contribution in [0.2, 0.25) is 0 Å². The predicted molar refractivity (Wildman–Crippen MR) is 65.8 cm³/mol. The molecule has 1 saturated carbocycles. The van der Waals surface area contributed by atoms with Crippen LogP contribution < -0.4 is 0 Å². The van der Waals surface area contributed by atoms with Gasteiger partial charge in [-0.2, -0.15) is 0 Å². The van der Waals surface area contributed by atoms with Gasteiger partial charge in [-0.3, -0.25) is 0 Å². The van der Waals surface area contributed by atoms with Crippen molar-refractivity contribution in [1.82, 2.24) is 0 Å². The van der Waals surface area contributed by atoms with Crippen LogP contribution >= 0.6 is 0 Å². The van der Waals surface area contributed by atoms with Gasteiger partial charge in [-0.25, -0.2) is 0 Å². The molecule has 0 aromatic rings. The number of rotatable bonds is 4. The van der Waals surface area contributed by atoms with Crippen molar-refractivity contribution in [3.63, 3.8) is 0 Å². The Morgan fingerprint density at radius 2 is 1.93 bits per heavy atom. The van der Waals surface area contributed by atoms with Crippen molar-refractivity contribution in [3.8, 4) is 0 Å². The maximum Gasteiger partial charge on any atom is 0.0682 e. The first-order chi connectivity index (χ1) is 6.93. The Morgan fingerprint density at radius 1 is 1.40 bits per heavy atom. The molecular formula is C14H26O. The predicted octanol–water partition coefficient (Wildman–Crippen LogP) is 3.92. The molecular weight excluding hydrogens is 184 g/mol. The average molecular weight is 210 g/mol. The molecule has 0 aromatic carbocycles. The molecule has 0 saturated heterocycles. The summed E-state index contributed by atoms with van der Waals surface area (Å²) in [5.41, 5.74) is -0.00240. The first-order valence-corrected chi connectivity index (χ1v) is 6.27. The van der Waals surface area contributed by atoms with Crippen molar-refractivity contribution in [3.05, 3.63) is 12.7 Å². The van der Waals surface area contributed by atoms with Crippen LogP contribution in [-0.2, 0) is 0 Å². The largest absolute Gasteiger partial charge is 0.390 e. The molecule has 15 heavy (non-hydrogen) atoms. The molecule has 0 bridgehead atoms. The summed E-state index contributed by atoms with van der Waals surface area (Å²) >= 11 is 0. The van der Waals surface area contributed by atoms with Crippen LogP contribution in [0.4, 0.5) is 0 Å². The van der Waals surface area contributed by atoms with E-state index in [-0.39, 0.29) is 0 Å². The number of hydrogen-bond donors (Lipinski definition) is 1. The third-order valence-corrected chi connectivity index (χ3v) is 4.46. The molecule has 1 heteroatoms. The lowest BCUT2D eigenvalue weighted by Crippen LogP contribution is -2.37. The second-order valence-corrected chi connectivity index (χ2v) is 5.83. The highest BCUT2D eigenvalue weighted by Crippen LogP contribution is 2.44. The van der Waals surface area contributed by atoms with Crippen LogP contribution in [-0.4, -0.2) is 10.7 Å². The van der Waals surface area contributed by atoms with Gasteiger partial charge >= 0.3 is 0 Å². The molecule has 0 aliphatic heterocycles. The quantitative estimate of drug-likeness (QED) is 0.697. The smallest absolute Gasteiger partial charge is 0.0682 e. The van der Waals surface area contributed by atoms with Crippen molar-refractivity contribution in [1.29, 1.82) is 0 Å². The molecule has 1 rings (SSSR count). The van der Waals surface area contributed by atoms with Crippen molar-refractivity contribution in [2.45, 2.75) is 64.9 Å². The number of aliphatic hydroxyl groups is 1. The van der Waals surface area contributed by atoms with Crippen LogP contribution in [0.5, 0.6) is 0 Å². The normalized spacial score (nSPS) is 32.7. The van der Waals surface area contributed by atoms with Crippen molar-refractivity contribution in [2.75, 3.05) is 0 Å². The molecule has 0 aromatic heterocycles. The molecule has 0 radical (unpaired) electrons. The fraction of sp³-hybridized carbons (Fsp3) is 0.857. The topological polar surface area (TPSA) is 20.2 Å². The number of hydrogen-bond acceptors (Lipinski definition) is 1. The zero-order valence-corrected chi connectivity index (χ0v) is 10.6. The molecule has 1 N–H and O–H groups in total. The summed E-state index contributed by atoms with van der Waals surface area (Å²) in [6, 6.07) is 0. The van der Waals surface area contributed by atoms with Crippen molar-refractivity contribution >= 4 is 0 Å². The van der Waals surface area contributed by atoms with Gasteiger partial charge in [-0.15, -0.1) is 6.58 Å². The summed E-state index contributed by atoms with van der Waals surface area (Å²) < 4.78 is 0. The highest BCUT2D eigenvalue weighted by molar-refractivity contribution is 4.93. The van der Waals surface area contributed by atoms with Gasteiger partial charge in [0.1, 0.15) is 0 Å². The lowest BCUT2D eigenvalue weighted by atomic mass is 9.66. The fourth-order valence-corrected chi connectivity index (χ4v) is 2.70. The highest BCUT2D eigenvalue weighted by Gasteiger charge is 2.37. The molecule has 0 spiro atoms. The minimum Gasteiger partial charge on any atom is -0.390 e. The van der Waals surface area contributed by atoms with E-state index in [0.717, 1.165) is 25.2 Å². The molecule has 1 nitrogen and oxygen atoms in total. The van der Waals surface area contributed by atoms with Crippen LogP contribution in [0.25, 0.3) is 0 Å².